The van der Waals surface area contributed by atoms with Crippen molar-refractivity contribution in [3.8, 4) is 0 Å². The summed E-state index contributed by atoms with van der Waals surface area (Å²) in [7, 11) is 0. The van der Waals surface area contributed by atoms with Gasteiger partial charge in [0.2, 0.25) is 0 Å². The first-order valence-electron chi connectivity index (χ1n) is 3.69. The summed E-state index contributed by atoms with van der Waals surface area (Å²) in [5.41, 5.74) is 1.63. The van der Waals surface area contributed by atoms with Gasteiger partial charge in [-0.25, -0.2) is 0 Å². The summed E-state index contributed by atoms with van der Waals surface area (Å²) in [6, 6.07) is 0. The SMILES string of the molecule is C/C=C(\C)NC(=O)/C(C)=C/C. The average Bonchev–Trinajstić information content (AvgIpc) is 2.02. The van der Waals surface area contributed by atoms with Crippen molar-refractivity contribution in [2.24, 2.45) is 0 Å². The Morgan fingerprint density at radius 3 is 2.09 bits per heavy atom. The van der Waals surface area contributed by atoms with Gasteiger partial charge in [0.05, 0.1) is 0 Å². The summed E-state index contributed by atoms with van der Waals surface area (Å²) in [6.07, 6.45) is 3.65. The Kier molecular flexibility index (Phi) is 4.27. The molecule has 0 fully saturated rings. The van der Waals surface area contributed by atoms with E-state index < -0.39 is 0 Å². The lowest BCUT2D eigenvalue weighted by molar-refractivity contribution is -0.116. The smallest absolute Gasteiger partial charge is 0.250 e. The molecule has 0 aliphatic rings. The Morgan fingerprint density at radius 1 is 1.18 bits per heavy atom. The maximum Gasteiger partial charge on any atom is 0.250 e. The average molecular weight is 153 g/mol. The third-order valence-electron chi connectivity index (χ3n) is 1.53. The molecule has 11 heavy (non-hydrogen) atoms. The monoisotopic (exact) mass is 153 g/mol. The second-order valence-electron chi connectivity index (χ2n) is 2.40. The minimum Gasteiger partial charge on any atom is -0.327 e. The zero-order valence-electron chi connectivity index (χ0n) is 7.56. The van der Waals surface area contributed by atoms with E-state index in [0.29, 0.717) is 0 Å². The molecular formula is C9H15NO. The van der Waals surface area contributed by atoms with Gasteiger partial charge in [-0.15, -0.1) is 0 Å². The zero-order chi connectivity index (χ0) is 8.85. The maximum absolute atomic E-state index is 11.1. The van der Waals surface area contributed by atoms with Crippen molar-refractivity contribution in [3.63, 3.8) is 0 Å². The Hall–Kier alpha value is -1.05. The Labute approximate surface area is 68.0 Å². The summed E-state index contributed by atoms with van der Waals surface area (Å²) in [4.78, 5) is 11.1. The second kappa shape index (κ2) is 4.72. The molecule has 0 atom stereocenters. The number of hydrogen-bond acceptors (Lipinski definition) is 1. The van der Waals surface area contributed by atoms with E-state index in [0.717, 1.165) is 11.3 Å². The number of hydrogen-bond donors (Lipinski definition) is 1. The van der Waals surface area contributed by atoms with Crippen LogP contribution in [0.3, 0.4) is 0 Å². The van der Waals surface area contributed by atoms with Crippen molar-refractivity contribution in [1.82, 2.24) is 5.32 Å². The van der Waals surface area contributed by atoms with E-state index in [1.165, 1.54) is 0 Å². The normalized spacial score (nSPS) is 13.1. The first-order valence-corrected chi connectivity index (χ1v) is 3.69. The van der Waals surface area contributed by atoms with Crippen LogP contribution >= 0.6 is 0 Å². The molecule has 0 aromatic heterocycles. The molecule has 0 aromatic rings. The second-order valence-corrected chi connectivity index (χ2v) is 2.40. The van der Waals surface area contributed by atoms with Crippen LogP contribution < -0.4 is 5.32 Å². The summed E-state index contributed by atoms with van der Waals surface area (Å²) in [5.74, 6) is -0.0249. The van der Waals surface area contributed by atoms with Crippen molar-refractivity contribution in [2.45, 2.75) is 27.7 Å². The zero-order valence-corrected chi connectivity index (χ0v) is 7.56. The number of rotatable bonds is 2. The first-order chi connectivity index (χ1) is 5.11. The third kappa shape index (κ3) is 3.61. The van der Waals surface area contributed by atoms with Crippen molar-refractivity contribution in [1.29, 1.82) is 0 Å². The summed E-state index contributed by atoms with van der Waals surface area (Å²) in [6.45, 7) is 7.39. The molecule has 62 valence electrons. The highest BCUT2D eigenvalue weighted by atomic mass is 16.1. The van der Waals surface area contributed by atoms with Crippen molar-refractivity contribution >= 4 is 5.91 Å². The number of allylic oxidation sites excluding steroid dienone is 3. The van der Waals surface area contributed by atoms with Crippen LogP contribution in [0.5, 0.6) is 0 Å². The predicted molar refractivity (Wildman–Crippen MR) is 47.0 cm³/mol. The van der Waals surface area contributed by atoms with Crippen LogP contribution in [-0.4, -0.2) is 5.91 Å². The Morgan fingerprint density at radius 2 is 1.73 bits per heavy atom. The van der Waals surface area contributed by atoms with E-state index in [2.05, 4.69) is 5.32 Å². The van der Waals surface area contributed by atoms with Gasteiger partial charge in [0.1, 0.15) is 0 Å². The molecule has 0 heterocycles. The molecule has 0 aliphatic heterocycles. The van der Waals surface area contributed by atoms with Crippen LogP contribution in [0.25, 0.3) is 0 Å². The summed E-state index contributed by atoms with van der Waals surface area (Å²) < 4.78 is 0. The lowest BCUT2D eigenvalue weighted by atomic mass is 10.2. The van der Waals surface area contributed by atoms with Crippen LogP contribution in [0.2, 0.25) is 0 Å². The summed E-state index contributed by atoms with van der Waals surface area (Å²) in [5, 5.41) is 2.73. The van der Waals surface area contributed by atoms with E-state index in [1.54, 1.807) is 13.0 Å². The van der Waals surface area contributed by atoms with E-state index in [4.69, 9.17) is 0 Å². The fourth-order valence-electron chi connectivity index (χ4n) is 0.481. The first kappa shape index (κ1) is 9.95. The lowest BCUT2D eigenvalue weighted by Crippen LogP contribution is -2.21. The fourth-order valence-corrected chi connectivity index (χ4v) is 0.481. The van der Waals surface area contributed by atoms with Crippen molar-refractivity contribution in [3.05, 3.63) is 23.4 Å². The van der Waals surface area contributed by atoms with Gasteiger partial charge in [0.15, 0.2) is 0 Å². The van der Waals surface area contributed by atoms with Crippen LogP contribution in [0, 0.1) is 0 Å². The van der Waals surface area contributed by atoms with E-state index in [1.807, 2.05) is 26.8 Å². The molecule has 0 saturated carbocycles. The Balaban J connectivity index is 4.10. The molecule has 1 amide bonds. The number of nitrogens with one attached hydrogen (secondary N) is 1. The van der Waals surface area contributed by atoms with Gasteiger partial charge < -0.3 is 5.32 Å². The minimum atomic E-state index is -0.0249. The highest BCUT2D eigenvalue weighted by molar-refractivity contribution is 5.93. The number of amides is 1. The molecule has 2 nitrogen and oxygen atoms in total. The number of carbonyl (C=O) groups is 1. The van der Waals surface area contributed by atoms with Gasteiger partial charge in [0, 0.05) is 11.3 Å². The largest absolute Gasteiger partial charge is 0.327 e. The van der Waals surface area contributed by atoms with Gasteiger partial charge >= 0.3 is 0 Å². The molecule has 0 aliphatic carbocycles. The van der Waals surface area contributed by atoms with Crippen molar-refractivity contribution in [2.75, 3.05) is 0 Å². The molecule has 0 aromatic carbocycles. The Bertz CT molecular complexity index is 202. The molecule has 1 N–H and O–H groups in total. The van der Waals surface area contributed by atoms with Gasteiger partial charge in [-0.1, -0.05) is 12.2 Å². The third-order valence-corrected chi connectivity index (χ3v) is 1.53. The van der Waals surface area contributed by atoms with E-state index in [9.17, 15) is 4.79 Å². The van der Waals surface area contributed by atoms with Gasteiger partial charge in [0.25, 0.3) is 5.91 Å². The van der Waals surface area contributed by atoms with E-state index >= 15 is 0 Å². The molecule has 2 heteroatoms. The van der Waals surface area contributed by atoms with Crippen LogP contribution in [0.15, 0.2) is 23.4 Å². The molecule has 0 rings (SSSR count). The van der Waals surface area contributed by atoms with Gasteiger partial charge in [-0.3, -0.25) is 4.79 Å². The van der Waals surface area contributed by atoms with E-state index in [-0.39, 0.29) is 5.91 Å². The standard InChI is InChI=1S/C9H15NO/c1-5-7(3)9(11)10-8(4)6-2/h5-6H,1-4H3,(H,10,11)/b7-5+,8-6+. The molecular weight excluding hydrogens is 138 g/mol. The predicted octanol–water partition coefficient (Wildman–Crippen LogP) is 1.99. The number of carbonyl (C=O) groups excluding carboxylic acids is 1. The molecule has 0 radical (unpaired) electrons. The minimum absolute atomic E-state index is 0.0249. The highest BCUT2D eigenvalue weighted by Crippen LogP contribution is 1.94. The quantitative estimate of drug-likeness (QED) is 0.604. The van der Waals surface area contributed by atoms with Crippen molar-refractivity contribution < 1.29 is 4.79 Å². The maximum atomic E-state index is 11.1. The topological polar surface area (TPSA) is 29.1 Å². The summed E-state index contributed by atoms with van der Waals surface area (Å²) >= 11 is 0. The molecule has 0 bridgehead atoms. The van der Waals surface area contributed by atoms with Gasteiger partial charge in [-0.05, 0) is 27.7 Å². The fraction of sp³-hybridized carbons (Fsp3) is 0.444. The highest BCUT2D eigenvalue weighted by Gasteiger charge is 2.00. The van der Waals surface area contributed by atoms with Crippen LogP contribution in [-0.2, 0) is 4.79 Å². The van der Waals surface area contributed by atoms with Crippen LogP contribution in [0.4, 0.5) is 0 Å². The van der Waals surface area contributed by atoms with Crippen LogP contribution in [0.1, 0.15) is 27.7 Å². The molecule has 0 spiro atoms. The van der Waals surface area contributed by atoms with Gasteiger partial charge in [-0.2, -0.15) is 0 Å². The molecule has 0 saturated heterocycles. The molecule has 0 unspecified atom stereocenters. The lowest BCUT2D eigenvalue weighted by Gasteiger charge is -2.03.